The lowest BCUT2D eigenvalue weighted by atomic mass is 10.3. The number of rotatable bonds is 3. The van der Waals surface area contributed by atoms with Crippen molar-refractivity contribution in [1.82, 2.24) is 19.7 Å². The Kier molecular flexibility index (Phi) is 3.40. The number of nitrogens with two attached hydrogens (primary N) is 1. The Morgan fingerprint density at radius 3 is 2.89 bits per heavy atom. The van der Waals surface area contributed by atoms with Gasteiger partial charge in [-0.3, -0.25) is 4.85 Å². The van der Waals surface area contributed by atoms with Crippen molar-refractivity contribution in [2.75, 3.05) is 5.73 Å². The van der Waals surface area contributed by atoms with Crippen molar-refractivity contribution in [2.45, 2.75) is 19.5 Å². The van der Waals surface area contributed by atoms with E-state index in [-0.39, 0.29) is 11.7 Å². The molecule has 0 aliphatic carbocycles. The molecule has 8 heteroatoms. The fraction of sp³-hybridized carbons (Fsp3) is 0.273. The minimum atomic E-state index is -0.768. The second kappa shape index (κ2) is 4.85. The van der Waals surface area contributed by atoms with Gasteiger partial charge in [-0.15, -0.1) is 0 Å². The fourth-order valence-corrected chi connectivity index (χ4v) is 1.52. The number of nitrogens with zero attached hydrogens (tertiary/aromatic N) is 5. The molecule has 0 aliphatic heterocycles. The van der Waals surface area contributed by atoms with E-state index in [1.807, 2.05) is 0 Å². The molecule has 2 aromatic heterocycles. The summed E-state index contributed by atoms with van der Waals surface area (Å²) >= 11 is 3.19. The third-order valence-corrected chi connectivity index (χ3v) is 2.73. The molecule has 2 rings (SSSR count). The van der Waals surface area contributed by atoms with E-state index in [4.69, 9.17) is 17.0 Å². The van der Waals surface area contributed by atoms with Crippen LogP contribution in [0.2, 0.25) is 0 Å². The highest BCUT2D eigenvalue weighted by Crippen LogP contribution is 2.26. The average molecular weight is 323 g/mol. The summed E-state index contributed by atoms with van der Waals surface area (Å²) in [7, 11) is 0. The molecule has 2 aromatic rings. The van der Waals surface area contributed by atoms with Gasteiger partial charge < -0.3 is 10.5 Å². The summed E-state index contributed by atoms with van der Waals surface area (Å²) in [6, 6.07) is 0. The number of ether oxygens (including phenoxy) is 1. The summed E-state index contributed by atoms with van der Waals surface area (Å²) in [5, 5.41) is 4.08. The topological polar surface area (TPSA) is 83.2 Å². The van der Waals surface area contributed by atoms with Crippen LogP contribution in [0.1, 0.15) is 13.8 Å². The first-order valence-corrected chi connectivity index (χ1v) is 6.11. The minimum Gasteiger partial charge on any atom is -0.433 e. The molecule has 0 saturated heterocycles. The van der Waals surface area contributed by atoms with Crippen LogP contribution in [0.4, 0.5) is 5.82 Å². The van der Waals surface area contributed by atoms with Gasteiger partial charge in [0.25, 0.3) is 5.88 Å². The Morgan fingerprint density at radius 2 is 2.21 bits per heavy atom. The molecule has 0 atom stereocenters. The van der Waals surface area contributed by atoms with Crippen molar-refractivity contribution in [3.8, 4) is 11.6 Å². The van der Waals surface area contributed by atoms with Gasteiger partial charge in [-0.1, -0.05) is 0 Å². The van der Waals surface area contributed by atoms with Crippen LogP contribution in [0, 0.1) is 6.57 Å². The highest BCUT2D eigenvalue weighted by Gasteiger charge is 2.26. The third-order valence-electron chi connectivity index (χ3n) is 2.35. The van der Waals surface area contributed by atoms with Crippen molar-refractivity contribution >= 4 is 21.7 Å². The maximum atomic E-state index is 7.11. The predicted molar refractivity (Wildman–Crippen MR) is 72.4 cm³/mol. The molecule has 0 aromatic carbocycles. The van der Waals surface area contributed by atoms with Crippen LogP contribution in [0.5, 0.6) is 11.6 Å². The Bertz CT molecular complexity index is 645. The van der Waals surface area contributed by atoms with Crippen molar-refractivity contribution < 1.29 is 4.74 Å². The summed E-state index contributed by atoms with van der Waals surface area (Å²) < 4.78 is 7.53. The standard InChI is InChI=1S/C11H11BrN6O/c1-11(2,14-3)18-6-7(4-16-18)19-10-9(13)15-5-8(12)17-10/h4-6H,1-2H3,(H2,13,15). The summed E-state index contributed by atoms with van der Waals surface area (Å²) in [6.45, 7) is 10.6. The van der Waals surface area contributed by atoms with E-state index in [1.165, 1.54) is 17.1 Å². The van der Waals surface area contributed by atoms with E-state index in [2.05, 4.69) is 35.8 Å². The number of halogens is 1. The number of aromatic nitrogens is 4. The molecular weight excluding hydrogens is 312 g/mol. The number of hydrogen-bond donors (Lipinski definition) is 1. The van der Waals surface area contributed by atoms with Crippen molar-refractivity contribution in [2.24, 2.45) is 0 Å². The maximum Gasteiger partial charge on any atom is 0.320 e. The molecule has 19 heavy (non-hydrogen) atoms. The van der Waals surface area contributed by atoms with E-state index in [1.54, 1.807) is 20.0 Å². The summed E-state index contributed by atoms with van der Waals surface area (Å²) in [5.74, 6) is 0.811. The number of anilines is 1. The second-order valence-corrected chi connectivity index (χ2v) is 5.02. The SMILES string of the molecule is [C-]#[N+]C(C)(C)n1cc(Oc2nc(Br)cnc2N)cn1. The van der Waals surface area contributed by atoms with Crippen molar-refractivity contribution in [3.63, 3.8) is 0 Å². The first-order valence-electron chi connectivity index (χ1n) is 5.32. The summed E-state index contributed by atoms with van der Waals surface area (Å²) in [5.41, 5.74) is 4.89. The normalized spacial score (nSPS) is 11.1. The highest BCUT2D eigenvalue weighted by molar-refractivity contribution is 9.10. The number of hydrogen-bond acceptors (Lipinski definition) is 5. The monoisotopic (exact) mass is 322 g/mol. The van der Waals surface area contributed by atoms with Gasteiger partial charge in [0.1, 0.15) is 4.60 Å². The molecule has 98 valence electrons. The van der Waals surface area contributed by atoms with Crippen LogP contribution in [0.3, 0.4) is 0 Å². The van der Waals surface area contributed by atoms with Crippen molar-refractivity contribution in [3.05, 3.63) is 34.6 Å². The fourth-order valence-electron chi connectivity index (χ4n) is 1.26. The van der Waals surface area contributed by atoms with Gasteiger partial charge in [-0.05, 0) is 15.9 Å². The Morgan fingerprint density at radius 1 is 1.47 bits per heavy atom. The van der Waals surface area contributed by atoms with Crippen LogP contribution in [0.15, 0.2) is 23.2 Å². The van der Waals surface area contributed by atoms with Crippen LogP contribution in [-0.2, 0) is 5.66 Å². The molecule has 2 heterocycles. The van der Waals surface area contributed by atoms with Crippen LogP contribution < -0.4 is 10.5 Å². The van der Waals surface area contributed by atoms with Gasteiger partial charge in [0.15, 0.2) is 11.6 Å². The molecule has 0 saturated carbocycles. The molecule has 0 amide bonds. The maximum absolute atomic E-state index is 7.11. The van der Waals surface area contributed by atoms with Crippen LogP contribution in [-0.4, -0.2) is 19.7 Å². The van der Waals surface area contributed by atoms with Crippen LogP contribution in [0.25, 0.3) is 4.85 Å². The van der Waals surface area contributed by atoms with E-state index in [0.717, 1.165) is 0 Å². The smallest absolute Gasteiger partial charge is 0.320 e. The zero-order chi connectivity index (χ0) is 14.0. The Hall–Kier alpha value is -2.14. The van der Waals surface area contributed by atoms with Gasteiger partial charge in [-0.2, -0.15) is 9.78 Å². The molecule has 0 radical (unpaired) electrons. The third kappa shape index (κ3) is 2.82. The van der Waals surface area contributed by atoms with Crippen LogP contribution >= 0.6 is 15.9 Å². The van der Waals surface area contributed by atoms with Gasteiger partial charge >= 0.3 is 5.66 Å². The Labute approximate surface area is 118 Å². The van der Waals surface area contributed by atoms with E-state index < -0.39 is 5.66 Å². The number of nitrogen functional groups attached to an aromatic ring is 1. The van der Waals surface area contributed by atoms with Gasteiger partial charge in [0.05, 0.1) is 18.6 Å². The first kappa shape index (κ1) is 13.3. The van der Waals surface area contributed by atoms with E-state index in [9.17, 15) is 0 Å². The molecule has 2 N–H and O–H groups in total. The Balaban J connectivity index is 2.26. The summed E-state index contributed by atoms with van der Waals surface area (Å²) in [6.07, 6.45) is 4.59. The minimum absolute atomic E-state index is 0.181. The molecule has 0 unspecified atom stereocenters. The first-order chi connectivity index (χ1) is 8.92. The predicted octanol–water partition coefficient (Wildman–Crippen LogP) is 2.42. The second-order valence-electron chi connectivity index (χ2n) is 4.21. The van der Waals surface area contributed by atoms with E-state index in [0.29, 0.717) is 10.4 Å². The molecule has 0 spiro atoms. The van der Waals surface area contributed by atoms with E-state index >= 15 is 0 Å². The average Bonchev–Trinajstić information content (AvgIpc) is 2.83. The largest absolute Gasteiger partial charge is 0.433 e. The van der Waals surface area contributed by atoms with Gasteiger partial charge in [0, 0.05) is 13.8 Å². The molecule has 0 aliphatic rings. The molecule has 7 nitrogen and oxygen atoms in total. The van der Waals surface area contributed by atoms with Gasteiger partial charge in [0.2, 0.25) is 0 Å². The lowest BCUT2D eigenvalue weighted by Crippen LogP contribution is -2.21. The highest BCUT2D eigenvalue weighted by atomic mass is 79.9. The molecular formula is C11H11BrN6O. The zero-order valence-corrected chi connectivity index (χ0v) is 11.9. The summed E-state index contributed by atoms with van der Waals surface area (Å²) in [4.78, 5) is 11.5. The zero-order valence-electron chi connectivity index (χ0n) is 10.3. The molecule has 0 bridgehead atoms. The quantitative estimate of drug-likeness (QED) is 0.877. The lowest BCUT2D eigenvalue weighted by Gasteiger charge is -2.10. The molecule has 0 fully saturated rings. The van der Waals surface area contributed by atoms with Crippen molar-refractivity contribution in [1.29, 1.82) is 0 Å². The lowest BCUT2D eigenvalue weighted by molar-refractivity contribution is 0.398. The van der Waals surface area contributed by atoms with Gasteiger partial charge in [-0.25, -0.2) is 16.5 Å².